The Morgan fingerprint density at radius 1 is 1.11 bits per heavy atom. The zero-order chi connectivity index (χ0) is 13.3. The van der Waals surface area contributed by atoms with Crippen LogP contribution in [0.15, 0.2) is 6.33 Å². The van der Waals surface area contributed by atoms with Gasteiger partial charge in [-0.1, -0.05) is 6.42 Å². The fourth-order valence-corrected chi connectivity index (χ4v) is 2.61. The summed E-state index contributed by atoms with van der Waals surface area (Å²) < 4.78 is 5.05. The molecule has 1 aromatic heterocycles. The highest BCUT2D eigenvalue weighted by atomic mass is 16.5. The lowest BCUT2D eigenvalue weighted by atomic mass is 10.1. The number of nitrogens with one attached hydrogen (secondary N) is 1. The Morgan fingerprint density at radius 3 is 2.89 bits per heavy atom. The summed E-state index contributed by atoms with van der Waals surface area (Å²) in [6, 6.07) is 0. The fourth-order valence-electron chi connectivity index (χ4n) is 2.61. The largest absolute Gasteiger partial charge is 0.385 e. The van der Waals surface area contributed by atoms with E-state index in [9.17, 15) is 0 Å². The molecule has 0 aliphatic heterocycles. The second kappa shape index (κ2) is 8.10. The first kappa shape index (κ1) is 14.3. The summed E-state index contributed by atoms with van der Waals surface area (Å²) in [7, 11) is 1.76. The summed E-state index contributed by atoms with van der Waals surface area (Å²) in [6.07, 6.45) is 11.3. The molecule has 0 fully saturated rings. The minimum Gasteiger partial charge on any atom is -0.385 e. The van der Waals surface area contributed by atoms with Crippen LogP contribution in [0.5, 0.6) is 0 Å². The van der Waals surface area contributed by atoms with Gasteiger partial charge in [-0.2, -0.15) is 0 Å². The molecule has 106 valence electrons. The predicted molar refractivity (Wildman–Crippen MR) is 77.5 cm³/mol. The quantitative estimate of drug-likeness (QED) is 0.607. The van der Waals surface area contributed by atoms with Crippen molar-refractivity contribution in [3.63, 3.8) is 0 Å². The molecular weight excluding hydrogens is 238 g/mol. The van der Waals surface area contributed by atoms with Crippen LogP contribution in [-0.2, 0) is 17.6 Å². The number of nitrogens with zero attached hydrogens (tertiary/aromatic N) is 2. The molecule has 1 aliphatic rings. The third kappa shape index (κ3) is 4.46. The van der Waals surface area contributed by atoms with Crippen LogP contribution in [0, 0.1) is 0 Å². The van der Waals surface area contributed by atoms with Gasteiger partial charge in [-0.05, 0) is 44.9 Å². The number of hydrogen-bond donors (Lipinski definition) is 1. The number of unbranched alkanes of at least 4 members (excludes halogenated alkanes) is 2. The topological polar surface area (TPSA) is 47.0 Å². The maximum Gasteiger partial charge on any atom is 0.132 e. The van der Waals surface area contributed by atoms with Crippen molar-refractivity contribution < 1.29 is 4.74 Å². The molecule has 1 aromatic rings. The average Bonchev–Trinajstić information content (AvgIpc) is 2.68. The van der Waals surface area contributed by atoms with Gasteiger partial charge in [-0.25, -0.2) is 9.97 Å². The highest BCUT2D eigenvalue weighted by Gasteiger charge is 2.13. The second-order valence-electron chi connectivity index (χ2n) is 5.19. The molecule has 4 heteroatoms. The molecule has 0 saturated carbocycles. The van der Waals surface area contributed by atoms with E-state index in [1.54, 1.807) is 13.4 Å². The van der Waals surface area contributed by atoms with Crippen molar-refractivity contribution in [3.8, 4) is 0 Å². The Hall–Kier alpha value is -1.16. The van der Waals surface area contributed by atoms with Crippen molar-refractivity contribution in [1.29, 1.82) is 0 Å². The molecule has 19 heavy (non-hydrogen) atoms. The van der Waals surface area contributed by atoms with E-state index < -0.39 is 0 Å². The third-order valence-electron chi connectivity index (χ3n) is 3.69. The van der Waals surface area contributed by atoms with Gasteiger partial charge in [-0.15, -0.1) is 0 Å². The Bertz CT molecular complexity index is 382. The monoisotopic (exact) mass is 263 g/mol. The van der Waals surface area contributed by atoms with E-state index in [0.717, 1.165) is 38.2 Å². The van der Waals surface area contributed by atoms with Crippen LogP contribution in [0.4, 0.5) is 5.82 Å². The van der Waals surface area contributed by atoms with Gasteiger partial charge in [0.25, 0.3) is 0 Å². The van der Waals surface area contributed by atoms with Gasteiger partial charge >= 0.3 is 0 Å². The Morgan fingerprint density at radius 2 is 2.00 bits per heavy atom. The fraction of sp³-hybridized carbons (Fsp3) is 0.733. The second-order valence-corrected chi connectivity index (χ2v) is 5.19. The normalized spacial score (nSPS) is 14.8. The van der Waals surface area contributed by atoms with E-state index in [0.29, 0.717) is 0 Å². The number of rotatable bonds is 7. The summed E-state index contributed by atoms with van der Waals surface area (Å²) in [5.41, 5.74) is 2.62. The number of hydrogen-bond acceptors (Lipinski definition) is 4. The Kier molecular flexibility index (Phi) is 6.08. The molecule has 0 aromatic carbocycles. The molecule has 0 amide bonds. The summed E-state index contributed by atoms with van der Waals surface area (Å²) in [5, 5.41) is 3.49. The first-order valence-electron chi connectivity index (χ1n) is 7.47. The predicted octanol–water partition coefficient (Wildman–Crippen LogP) is 2.97. The average molecular weight is 263 g/mol. The third-order valence-corrected chi connectivity index (χ3v) is 3.69. The molecule has 0 unspecified atom stereocenters. The minimum absolute atomic E-state index is 0.864. The van der Waals surface area contributed by atoms with E-state index in [4.69, 9.17) is 4.74 Å². The van der Waals surface area contributed by atoms with Crippen LogP contribution in [0.2, 0.25) is 0 Å². The lowest BCUT2D eigenvalue weighted by molar-refractivity contribution is 0.192. The molecular formula is C15H25N3O. The first-order chi connectivity index (χ1) is 9.42. The van der Waals surface area contributed by atoms with Crippen LogP contribution in [0.3, 0.4) is 0 Å². The van der Waals surface area contributed by atoms with E-state index in [1.165, 1.54) is 43.4 Å². The van der Waals surface area contributed by atoms with E-state index in [1.807, 2.05) is 0 Å². The number of ether oxygens (including phenoxy) is 1. The number of aryl methyl sites for hydroxylation is 1. The lowest BCUT2D eigenvalue weighted by Gasteiger charge is -2.12. The van der Waals surface area contributed by atoms with Crippen molar-refractivity contribution in [3.05, 3.63) is 17.6 Å². The van der Waals surface area contributed by atoms with Gasteiger partial charge in [0, 0.05) is 31.5 Å². The van der Waals surface area contributed by atoms with Crippen LogP contribution < -0.4 is 5.32 Å². The lowest BCUT2D eigenvalue weighted by Crippen LogP contribution is -2.09. The van der Waals surface area contributed by atoms with Crippen molar-refractivity contribution in [2.24, 2.45) is 0 Å². The molecule has 0 atom stereocenters. The molecule has 1 N–H and O–H groups in total. The van der Waals surface area contributed by atoms with Crippen molar-refractivity contribution >= 4 is 5.82 Å². The zero-order valence-electron chi connectivity index (χ0n) is 12.0. The van der Waals surface area contributed by atoms with E-state index in [2.05, 4.69) is 15.3 Å². The number of anilines is 1. The molecule has 0 spiro atoms. The Labute approximate surface area is 116 Å². The highest BCUT2D eigenvalue weighted by Crippen LogP contribution is 2.23. The minimum atomic E-state index is 0.864. The highest BCUT2D eigenvalue weighted by molar-refractivity contribution is 5.46. The molecule has 0 saturated heterocycles. The summed E-state index contributed by atoms with van der Waals surface area (Å²) in [5.74, 6) is 1.07. The summed E-state index contributed by atoms with van der Waals surface area (Å²) >= 11 is 0. The van der Waals surface area contributed by atoms with Gasteiger partial charge in [0.15, 0.2) is 0 Å². The van der Waals surface area contributed by atoms with E-state index >= 15 is 0 Å². The smallest absolute Gasteiger partial charge is 0.132 e. The molecule has 1 heterocycles. The van der Waals surface area contributed by atoms with Gasteiger partial charge in [0.1, 0.15) is 12.1 Å². The van der Waals surface area contributed by atoms with Crippen LogP contribution in [-0.4, -0.2) is 30.2 Å². The maximum atomic E-state index is 5.05. The van der Waals surface area contributed by atoms with Gasteiger partial charge in [0.2, 0.25) is 0 Å². The molecule has 1 aliphatic carbocycles. The number of fused-ring (bicyclic) bond motifs is 1. The van der Waals surface area contributed by atoms with Crippen LogP contribution in [0.1, 0.15) is 49.8 Å². The van der Waals surface area contributed by atoms with Crippen molar-refractivity contribution in [2.75, 3.05) is 25.6 Å². The Balaban J connectivity index is 1.83. The van der Waals surface area contributed by atoms with Gasteiger partial charge < -0.3 is 10.1 Å². The van der Waals surface area contributed by atoms with Gasteiger partial charge in [0.05, 0.1) is 0 Å². The van der Waals surface area contributed by atoms with Crippen molar-refractivity contribution in [1.82, 2.24) is 9.97 Å². The van der Waals surface area contributed by atoms with Crippen LogP contribution in [0.25, 0.3) is 0 Å². The van der Waals surface area contributed by atoms with Gasteiger partial charge in [-0.3, -0.25) is 0 Å². The standard InChI is InChI=1S/C15H25N3O/c1-19-11-7-3-6-10-16-15-13-8-4-2-5-9-14(13)17-12-18-15/h12H,2-11H2,1H3,(H,16,17,18). The molecule has 0 radical (unpaired) electrons. The first-order valence-corrected chi connectivity index (χ1v) is 7.47. The van der Waals surface area contributed by atoms with E-state index in [-0.39, 0.29) is 0 Å². The molecule has 0 bridgehead atoms. The summed E-state index contributed by atoms with van der Waals surface area (Å²) in [4.78, 5) is 8.86. The SMILES string of the molecule is COCCCCCNc1ncnc2c1CCCCC2. The number of aromatic nitrogens is 2. The number of methoxy groups -OCH3 is 1. The van der Waals surface area contributed by atoms with Crippen molar-refractivity contribution in [2.45, 2.75) is 51.4 Å². The summed E-state index contributed by atoms with van der Waals surface area (Å²) in [6.45, 7) is 1.86. The maximum absolute atomic E-state index is 5.05. The molecule has 4 nitrogen and oxygen atoms in total. The van der Waals surface area contributed by atoms with Crippen LogP contribution >= 0.6 is 0 Å². The molecule has 2 rings (SSSR count). The zero-order valence-corrected chi connectivity index (χ0v) is 12.0.